The maximum Gasteiger partial charge on any atom is 0.274 e. The standard InChI is InChI=1S/C21H19Cl2N7O2S/c1-12-7-13(22)8-15(20(31)25-2)18(12)28-21(32)17-9-14(10-33(3)27-11-24)29-30(17)19-16(23)5-4-6-26-19/h4-9H,10H2,1-3H3,(H,25,31)(H,28,32). The maximum absolute atomic E-state index is 13.4. The predicted octanol–water partition coefficient (Wildman–Crippen LogP) is 3.91. The van der Waals surface area contributed by atoms with Crippen molar-refractivity contribution >= 4 is 51.4 Å². The first kappa shape index (κ1) is 24.4. The maximum atomic E-state index is 13.4. The van der Waals surface area contributed by atoms with E-state index in [0.29, 0.717) is 32.7 Å². The Bertz CT molecular complexity index is 1310. The highest BCUT2D eigenvalue weighted by atomic mass is 35.5. The third-order valence-corrected chi connectivity index (χ3v) is 6.12. The second-order valence-electron chi connectivity index (χ2n) is 6.86. The number of halogens is 2. The van der Waals surface area contributed by atoms with Gasteiger partial charge in [0.25, 0.3) is 11.8 Å². The minimum Gasteiger partial charge on any atom is -0.355 e. The molecule has 12 heteroatoms. The highest BCUT2D eigenvalue weighted by Crippen LogP contribution is 2.27. The smallest absolute Gasteiger partial charge is 0.274 e. The van der Waals surface area contributed by atoms with Gasteiger partial charge in [-0.05, 0) is 49.1 Å². The van der Waals surface area contributed by atoms with Crippen LogP contribution in [0.4, 0.5) is 5.69 Å². The molecule has 9 nitrogen and oxygen atoms in total. The second-order valence-corrected chi connectivity index (χ2v) is 9.37. The molecule has 0 spiro atoms. The summed E-state index contributed by atoms with van der Waals surface area (Å²) in [5.74, 6) is -0.303. The Morgan fingerprint density at radius 3 is 2.70 bits per heavy atom. The van der Waals surface area contributed by atoms with E-state index in [2.05, 4.69) is 25.1 Å². The van der Waals surface area contributed by atoms with E-state index in [1.54, 1.807) is 43.6 Å². The summed E-state index contributed by atoms with van der Waals surface area (Å²) in [6.45, 7) is 1.73. The highest BCUT2D eigenvalue weighted by Gasteiger charge is 2.22. The SMILES string of the molecule is CNC(=O)c1cc(Cl)cc(C)c1NC(=O)c1cc(CS(C)=NC#N)nn1-c1ncccc1Cl. The Balaban J connectivity index is 2.09. The summed E-state index contributed by atoms with van der Waals surface area (Å²) in [6, 6.07) is 8.01. The van der Waals surface area contributed by atoms with Crippen molar-refractivity contribution in [3.63, 3.8) is 0 Å². The average molecular weight is 504 g/mol. The van der Waals surface area contributed by atoms with Crippen molar-refractivity contribution in [1.29, 1.82) is 5.26 Å². The van der Waals surface area contributed by atoms with E-state index in [1.807, 2.05) is 0 Å². The van der Waals surface area contributed by atoms with Gasteiger partial charge in [-0.3, -0.25) is 9.59 Å². The largest absolute Gasteiger partial charge is 0.355 e. The van der Waals surface area contributed by atoms with Crippen LogP contribution in [0.3, 0.4) is 0 Å². The highest BCUT2D eigenvalue weighted by molar-refractivity contribution is 7.85. The van der Waals surface area contributed by atoms with Crippen LogP contribution in [-0.4, -0.2) is 39.9 Å². The van der Waals surface area contributed by atoms with Gasteiger partial charge in [0.1, 0.15) is 5.69 Å². The zero-order chi connectivity index (χ0) is 24.1. The molecule has 170 valence electrons. The van der Waals surface area contributed by atoms with Crippen LogP contribution in [0.25, 0.3) is 5.82 Å². The lowest BCUT2D eigenvalue weighted by Crippen LogP contribution is -2.23. The van der Waals surface area contributed by atoms with E-state index in [1.165, 1.54) is 24.0 Å². The Kier molecular flexibility index (Phi) is 7.81. The van der Waals surface area contributed by atoms with E-state index in [0.717, 1.165) is 0 Å². The number of nitriles is 1. The van der Waals surface area contributed by atoms with Gasteiger partial charge in [-0.2, -0.15) is 14.7 Å². The minimum absolute atomic E-state index is 0.150. The summed E-state index contributed by atoms with van der Waals surface area (Å²) >= 11 is 12.4. The number of anilines is 1. The van der Waals surface area contributed by atoms with Gasteiger partial charge in [-0.15, -0.1) is 0 Å². The van der Waals surface area contributed by atoms with Crippen LogP contribution in [-0.2, 0) is 16.4 Å². The molecule has 1 atom stereocenters. The first-order chi connectivity index (χ1) is 15.7. The van der Waals surface area contributed by atoms with Crippen LogP contribution in [0, 0.1) is 18.4 Å². The van der Waals surface area contributed by atoms with Gasteiger partial charge < -0.3 is 10.6 Å². The third-order valence-electron chi connectivity index (χ3n) is 4.50. The van der Waals surface area contributed by atoms with E-state index < -0.39 is 22.5 Å². The molecule has 0 saturated heterocycles. The van der Waals surface area contributed by atoms with Gasteiger partial charge in [-0.1, -0.05) is 33.9 Å². The quantitative estimate of drug-likeness (QED) is 0.493. The summed E-state index contributed by atoms with van der Waals surface area (Å²) in [5.41, 5.74) is 1.84. The van der Waals surface area contributed by atoms with Gasteiger partial charge in [0.2, 0.25) is 6.19 Å². The van der Waals surface area contributed by atoms with E-state index >= 15 is 0 Å². The summed E-state index contributed by atoms with van der Waals surface area (Å²) in [4.78, 5) is 30.0. The number of pyridine rings is 1. The van der Waals surface area contributed by atoms with Crippen LogP contribution in [0.1, 0.15) is 32.1 Å². The molecule has 0 fully saturated rings. The van der Waals surface area contributed by atoms with Gasteiger partial charge in [0, 0.05) is 24.0 Å². The monoisotopic (exact) mass is 503 g/mol. The van der Waals surface area contributed by atoms with Crippen LogP contribution in [0.5, 0.6) is 0 Å². The molecule has 0 aliphatic carbocycles. The number of aryl methyl sites for hydroxylation is 1. The first-order valence-electron chi connectivity index (χ1n) is 9.51. The summed E-state index contributed by atoms with van der Waals surface area (Å²) < 4.78 is 5.14. The normalized spacial score (nSPS) is 11.6. The molecule has 2 amide bonds. The van der Waals surface area contributed by atoms with Gasteiger partial charge in [0.15, 0.2) is 5.82 Å². The molecule has 0 aliphatic heterocycles. The number of amides is 2. The molecule has 3 aromatic rings. The van der Waals surface area contributed by atoms with Crippen molar-refractivity contribution in [2.24, 2.45) is 4.36 Å². The number of carbonyl (C=O) groups is 2. The zero-order valence-corrected chi connectivity index (χ0v) is 20.2. The Morgan fingerprint density at radius 1 is 1.27 bits per heavy atom. The number of hydrogen-bond acceptors (Lipinski definition) is 6. The molecule has 33 heavy (non-hydrogen) atoms. The molecule has 2 heterocycles. The second kappa shape index (κ2) is 10.6. The minimum atomic E-state index is -0.611. The molecule has 1 unspecified atom stereocenters. The van der Waals surface area contributed by atoms with E-state index in [4.69, 9.17) is 28.5 Å². The molecule has 2 aromatic heterocycles. The van der Waals surface area contributed by atoms with Crippen molar-refractivity contribution in [2.75, 3.05) is 18.6 Å². The molecule has 0 bridgehead atoms. The molecule has 0 radical (unpaired) electrons. The molecule has 0 aliphatic rings. The van der Waals surface area contributed by atoms with Crippen molar-refractivity contribution < 1.29 is 9.59 Å². The van der Waals surface area contributed by atoms with Crippen LogP contribution >= 0.6 is 23.2 Å². The van der Waals surface area contributed by atoms with Gasteiger partial charge >= 0.3 is 0 Å². The predicted molar refractivity (Wildman–Crippen MR) is 129 cm³/mol. The number of nitrogens with one attached hydrogen (secondary N) is 2. The van der Waals surface area contributed by atoms with E-state index in [9.17, 15) is 9.59 Å². The summed E-state index contributed by atoms with van der Waals surface area (Å²) in [6.07, 6.45) is 5.11. The van der Waals surface area contributed by atoms with E-state index in [-0.39, 0.29) is 17.1 Å². The van der Waals surface area contributed by atoms with Crippen LogP contribution < -0.4 is 10.6 Å². The van der Waals surface area contributed by atoms with Crippen molar-refractivity contribution in [3.05, 3.63) is 69.1 Å². The topological polar surface area (TPSA) is 125 Å². The third kappa shape index (κ3) is 5.57. The first-order valence-corrected chi connectivity index (χ1v) is 12.0. The number of carbonyl (C=O) groups excluding carboxylic acids is 2. The molecular weight excluding hydrogens is 485 g/mol. The van der Waals surface area contributed by atoms with Crippen LogP contribution in [0.15, 0.2) is 40.9 Å². The Hall–Kier alpha value is -3.26. The molecule has 2 N–H and O–H groups in total. The molecular formula is C21H19Cl2N7O2S. The lowest BCUT2D eigenvalue weighted by molar-refractivity contribution is 0.0964. The van der Waals surface area contributed by atoms with Gasteiger partial charge in [0.05, 0.1) is 22.0 Å². The van der Waals surface area contributed by atoms with Crippen molar-refractivity contribution in [3.8, 4) is 12.0 Å². The number of rotatable bonds is 6. The molecule has 0 saturated carbocycles. The zero-order valence-electron chi connectivity index (χ0n) is 17.9. The average Bonchev–Trinajstić information content (AvgIpc) is 3.18. The van der Waals surface area contributed by atoms with Crippen molar-refractivity contribution in [1.82, 2.24) is 20.1 Å². The number of aromatic nitrogens is 3. The Morgan fingerprint density at radius 2 is 2.03 bits per heavy atom. The lowest BCUT2D eigenvalue weighted by atomic mass is 10.1. The fourth-order valence-electron chi connectivity index (χ4n) is 3.07. The lowest BCUT2D eigenvalue weighted by Gasteiger charge is -2.14. The fraction of sp³-hybridized carbons (Fsp3) is 0.190. The number of hydrogen-bond donors (Lipinski definition) is 2. The summed E-state index contributed by atoms with van der Waals surface area (Å²) in [5, 5.41) is 19.3. The molecule has 1 aromatic carbocycles. The Labute approximate surface area is 202 Å². The summed E-state index contributed by atoms with van der Waals surface area (Å²) in [7, 11) is 0.878. The fourth-order valence-corrected chi connectivity index (χ4v) is 4.32. The molecule has 3 rings (SSSR count). The number of benzene rings is 1. The van der Waals surface area contributed by atoms with Gasteiger partial charge in [-0.25, -0.2) is 9.67 Å². The number of nitrogens with zero attached hydrogens (tertiary/aromatic N) is 5. The van der Waals surface area contributed by atoms with Crippen LogP contribution in [0.2, 0.25) is 10.0 Å². The van der Waals surface area contributed by atoms with Crippen molar-refractivity contribution in [2.45, 2.75) is 12.7 Å².